The monoisotopic (exact) mass is 681 g/mol. The van der Waals surface area contributed by atoms with E-state index in [-0.39, 0.29) is 17.4 Å². The third-order valence-corrected chi connectivity index (χ3v) is 9.43. The number of alkyl halides is 3. The molecule has 48 heavy (non-hydrogen) atoms. The second-order valence-electron chi connectivity index (χ2n) is 11.1. The number of amides is 1. The van der Waals surface area contributed by atoms with Crippen LogP contribution in [-0.2, 0) is 19.4 Å². The molecular weight excluding hydrogens is 647 g/mol. The number of carbonyl (C=O) groups excluding carboxylic acids is 1. The minimum Gasteiger partial charge on any atom is -0.494 e. The summed E-state index contributed by atoms with van der Waals surface area (Å²) in [5.74, 6) is -1.04. The maximum atomic E-state index is 14.0. The number of nitrogens with zero attached hydrogens (tertiary/aromatic N) is 1. The lowest BCUT2D eigenvalue weighted by Crippen LogP contribution is -2.54. The van der Waals surface area contributed by atoms with E-state index in [4.69, 9.17) is 14.6 Å². The summed E-state index contributed by atoms with van der Waals surface area (Å²) in [5, 5.41) is 9.03. The SMILES string of the molecule is O=C(NNCC(F)(F)F)[C@@]1(CCS(=O)(=O)c2ccccc2)N=C(c2ccc(OCCCO)cc2)O[C@H]1c1ccc(-c2ccccc2)cc1. The number of carbonyl (C=O) groups is 1. The van der Waals surface area contributed by atoms with Crippen molar-refractivity contribution in [2.45, 2.75) is 35.6 Å². The van der Waals surface area contributed by atoms with Crippen LogP contribution in [-0.4, -0.2) is 62.6 Å². The van der Waals surface area contributed by atoms with E-state index in [1.54, 1.807) is 54.6 Å². The molecule has 0 aromatic heterocycles. The zero-order valence-corrected chi connectivity index (χ0v) is 26.5. The third-order valence-electron chi connectivity index (χ3n) is 7.70. The summed E-state index contributed by atoms with van der Waals surface area (Å²) in [6, 6.07) is 30.8. The Hall–Kier alpha value is -4.72. The molecule has 5 rings (SSSR count). The Balaban J connectivity index is 1.55. The van der Waals surface area contributed by atoms with Crippen molar-refractivity contribution in [3.8, 4) is 16.9 Å². The molecule has 0 unspecified atom stereocenters. The molecular formula is C35H34F3N3O6S. The van der Waals surface area contributed by atoms with Gasteiger partial charge in [0, 0.05) is 25.0 Å². The van der Waals surface area contributed by atoms with Gasteiger partial charge in [-0.05, 0) is 53.1 Å². The first kappa shape index (κ1) is 34.6. The molecule has 1 heterocycles. The van der Waals surface area contributed by atoms with Crippen molar-refractivity contribution in [2.75, 3.05) is 25.5 Å². The summed E-state index contributed by atoms with van der Waals surface area (Å²) in [5.41, 5.74) is 4.71. The Labute approximate surface area is 276 Å². The maximum Gasteiger partial charge on any atom is 0.402 e. The van der Waals surface area contributed by atoms with Gasteiger partial charge in [-0.15, -0.1) is 0 Å². The van der Waals surface area contributed by atoms with E-state index in [0.717, 1.165) is 11.1 Å². The van der Waals surface area contributed by atoms with Crippen molar-refractivity contribution in [1.82, 2.24) is 10.9 Å². The molecule has 0 bridgehead atoms. The zero-order valence-electron chi connectivity index (χ0n) is 25.7. The summed E-state index contributed by atoms with van der Waals surface area (Å²) in [6.45, 7) is -1.26. The molecule has 4 aromatic carbocycles. The van der Waals surface area contributed by atoms with Crippen molar-refractivity contribution in [1.29, 1.82) is 0 Å². The fourth-order valence-electron chi connectivity index (χ4n) is 5.22. The fraction of sp³-hybridized carbons (Fsp3) is 0.257. The van der Waals surface area contributed by atoms with Crippen LogP contribution in [0.5, 0.6) is 5.75 Å². The van der Waals surface area contributed by atoms with E-state index in [1.807, 2.05) is 47.9 Å². The van der Waals surface area contributed by atoms with Crippen molar-refractivity contribution in [2.24, 2.45) is 4.99 Å². The van der Waals surface area contributed by atoms with E-state index >= 15 is 0 Å². The highest BCUT2D eigenvalue weighted by Gasteiger charge is 2.54. The van der Waals surface area contributed by atoms with Gasteiger partial charge in [0.15, 0.2) is 21.5 Å². The number of aliphatic imine (C=N–C) groups is 1. The number of benzene rings is 4. The molecule has 4 aromatic rings. The number of aliphatic hydroxyl groups is 1. The normalized spacial score (nSPS) is 17.8. The first-order chi connectivity index (χ1) is 23.0. The van der Waals surface area contributed by atoms with Crippen LogP contribution < -0.4 is 15.6 Å². The number of sulfone groups is 1. The van der Waals surface area contributed by atoms with E-state index in [0.29, 0.717) is 29.9 Å². The van der Waals surface area contributed by atoms with Gasteiger partial charge in [0.25, 0.3) is 5.91 Å². The first-order valence-corrected chi connectivity index (χ1v) is 16.8. The van der Waals surface area contributed by atoms with E-state index in [9.17, 15) is 26.4 Å². The number of hydrogen-bond donors (Lipinski definition) is 3. The Morgan fingerprint density at radius 2 is 1.48 bits per heavy atom. The number of nitrogens with one attached hydrogen (secondary N) is 2. The van der Waals surface area contributed by atoms with E-state index in [1.165, 1.54) is 12.1 Å². The van der Waals surface area contributed by atoms with Crippen molar-refractivity contribution >= 4 is 21.6 Å². The molecule has 3 N–H and O–H groups in total. The predicted molar refractivity (Wildman–Crippen MR) is 174 cm³/mol. The molecule has 9 nitrogen and oxygen atoms in total. The molecule has 2 atom stereocenters. The third kappa shape index (κ3) is 8.40. The van der Waals surface area contributed by atoms with E-state index in [2.05, 4.69) is 10.4 Å². The number of rotatable bonds is 14. The average molecular weight is 682 g/mol. The van der Waals surface area contributed by atoms with Crippen LogP contribution >= 0.6 is 0 Å². The van der Waals surface area contributed by atoms with Gasteiger partial charge in [-0.1, -0.05) is 72.8 Å². The predicted octanol–water partition coefficient (Wildman–Crippen LogP) is 5.42. The summed E-state index contributed by atoms with van der Waals surface area (Å²) in [4.78, 5) is 18.7. The molecule has 0 saturated carbocycles. The van der Waals surface area contributed by atoms with Gasteiger partial charge in [0.05, 0.1) is 17.3 Å². The Bertz CT molecular complexity index is 1800. The van der Waals surface area contributed by atoms with E-state index < -0.39 is 52.3 Å². The first-order valence-electron chi connectivity index (χ1n) is 15.1. The van der Waals surface area contributed by atoms with Crippen LogP contribution in [0.25, 0.3) is 11.1 Å². The Morgan fingerprint density at radius 1 is 0.875 bits per heavy atom. The van der Waals surface area contributed by atoms with Crippen LogP contribution in [0.15, 0.2) is 119 Å². The minimum absolute atomic E-state index is 0.00266. The maximum absolute atomic E-state index is 14.0. The van der Waals surface area contributed by atoms with Crippen LogP contribution in [0.2, 0.25) is 0 Å². The molecule has 0 radical (unpaired) electrons. The molecule has 1 aliphatic heterocycles. The van der Waals surface area contributed by atoms with Crippen molar-refractivity contribution in [3.05, 3.63) is 120 Å². The molecule has 1 aliphatic rings. The van der Waals surface area contributed by atoms with Gasteiger partial charge >= 0.3 is 6.18 Å². The van der Waals surface area contributed by atoms with Crippen LogP contribution in [0.3, 0.4) is 0 Å². The van der Waals surface area contributed by atoms with Gasteiger partial charge in [-0.3, -0.25) is 10.2 Å². The lowest BCUT2D eigenvalue weighted by Gasteiger charge is -2.30. The van der Waals surface area contributed by atoms with Gasteiger partial charge in [-0.2, -0.15) is 13.2 Å². The topological polar surface area (TPSA) is 126 Å². The summed E-state index contributed by atoms with van der Waals surface area (Å²) in [6.07, 6.45) is -5.82. The molecule has 252 valence electrons. The quantitative estimate of drug-likeness (QED) is 0.120. The van der Waals surface area contributed by atoms with Crippen LogP contribution in [0, 0.1) is 0 Å². The standard InChI is InChI=1S/C35H34F3N3O6S/c36-35(37,38)24-39-41-33(43)34(20-23-48(44,45)30-10-5-2-6-11-30)31(27-14-12-26(13-15-27)25-8-3-1-4-9-25)47-32(40-34)28-16-18-29(19-17-28)46-22-7-21-42/h1-6,8-19,31,39,42H,7,20-24H2,(H,41,43)/t31-,34-/m0/s1. The fourth-order valence-corrected chi connectivity index (χ4v) is 6.61. The van der Waals surface area contributed by atoms with Gasteiger partial charge in [-0.25, -0.2) is 18.8 Å². The largest absolute Gasteiger partial charge is 0.494 e. The zero-order chi connectivity index (χ0) is 34.2. The summed E-state index contributed by atoms with van der Waals surface area (Å²) < 4.78 is 77.9. The lowest BCUT2D eigenvalue weighted by molar-refractivity contribution is -0.136. The molecule has 0 fully saturated rings. The number of aliphatic hydroxyl groups excluding tert-OH is 1. The molecule has 13 heteroatoms. The number of hydrazine groups is 1. The van der Waals surface area contributed by atoms with Gasteiger partial charge < -0.3 is 14.6 Å². The van der Waals surface area contributed by atoms with Gasteiger partial charge in [0.2, 0.25) is 5.90 Å². The smallest absolute Gasteiger partial charge is 0.402 e. The Kier molecular flexibility index (Phi) is 10.8. The average Bonchev–Trinajstić information content (AvgIpc) is 3.49. The number of ether oxygens (including phenoxy) is 2. The molecule has 1 amide bonds. The lowest BCUT2D eigenvalue weighted by atomic mass is 9.84. The minimum atomic E-state index is -4.63. The molecule has 0 aliphatic carbocycles. The highest BCUT2D eigenvalue weighted by atomic mass is 32.2. The second-order valence-corrected chi connectivity index (χ2v) is 13.2. The molecule has 0 saturated heterocycles. The van der Waals surface area contributed by atoms with Crippen molar-refractivity contribution in [3.63, 3.8) is 0 Å². The highest BCUT2D eigenvalue weighted by Crippen LogP contribution is 2.43. The Morgan fingerprint density at radius 3 is 2.10 bits per heavy atom. The summed E-state index contributed by atoms with van der Waals surface area (Å²) in [7, 11) is -3.95. The number of halogens is 3. The van der Waals surface area contributed by atoms with Gasteiger partial charge in [0.1, 0.15) is 12.3 Å². The molecule has 0 spiro atoms. The van der Waals surface area contributed by atoms with Crippen LogP contribution in [0.1, 0.15) is 30.1 Å². The van der Waals surface area contributed by atoms with Crippen molar-refractivity contribution < 1.29 is 41.0 Å². The van der Waals surface area contributed by atoms with Crippen LogP contribution in [0.4, 0.5) is 13.2 Å². The summed E-state index contributed by atoms with van der Waals surface area (Å²) >= 11 is 0. The number of hydrogen-bond acceptors (Lipinski definition) is 8. The second kappa shape index (κ2) is 15.0. The highest BCUT2D eigenvalue weighted by molar-refractivity contribution is 7.91.